The third-order valence-electron chi connectivity index (χ3n) is 4.33. The molecule has 2 aromatic carbocycles. The molecular formula is C20H15ClFN3O. The first-order valence-corrected chi connectivity index (χ1v) is 8.49. The van der Waals surface area contributed by atoms with E-state index in [1.54, 1.807) is 23.2 Å². The Morgan fingerprint density at radius 3 is 2.73 bits per heavy atom. The van der Waals surface area contributed by atoms with E-state index in [2.05, 4.69) is 10.3 Å². The number of anilines is 2. The zero-order chi connectivity index (χ0) is 18.3. The lowest BCUT2D eigenvalue weighted by molar-refractivity contribution is 0.0992. The SMILES string of the molecule is Cc1ccnc(N2C(=O)c3ccccc3C2Nc2ccc(F)c(Cl)c2)c1. The summed E-state index contributed by atoms with van der Waals surface area (Å²) in [5, 5.41) is 3.30. The highest BCUT2D eigenvalue weighted by Crippen LogP contribution is 2.37. The van der Waals surface area contributed by atoms with Crippen molar-refractivity contribution in [1.29, 1.82) is 0 Å². The first-order chi connectivity index (χ1) is 12.5. The van der Waals surface area contributed by atoms with Crippen molar-refractivity contribution in [3.63, 3.8) is 0 Å². The first-order valence-electron chi connectivity index (χ1n) is 8.11. The average Bonchev–Trinajstić information content (AvgIpc) is 2.91. The van der Waals surface area contributed by atoms with Crippen molar-refractivity contribution in [1.82, 2.24) is 4.98 Å². The van der Waals surface area contributed by atoms with Gasteiger partial charge in [-0.05, 0) is 48.9 Å². The molecule has 2 heterocycles. The molecule has 3 aromatic rings. The molecule has 1 aliphatic heterocycles. The topological polar surface area (TPSA) is 45.2 Å². The number of carbonyl (C=O) groups is 1. The fourth-order valence-electron chi connectivity index (χ4n) is 3.09. The lowest BCUT2D eigenvalue weighted by Gasteiger charge is -2.26. The summed E-state index contributed by atoms with van der Waals surface area (Å²) in [4.78, 5) is 19.0. The predicted molar refractivity (Wildman–Crippen MR) is 100.0 cm³/mol. The summed E-state index contributed by atoms with van der Waals surface area (Å²) in [5.74, 6) is -0.0707. The third-order valence-corrected chi connectivity index (χ3v) is 4.62. The Balaban J connectivity index is 1.79. The second-order valence-corrected chi connectivity index (χ2v) is 6.54. The van der Waals surface area contributed by atoms with Crippen molar-refractivity contribution in [2.75, 3.05) is 10.2 Å². The zero-order valence-corrected chi connectivity index (χ0v) is 14.7. The molecule has 0 fully saturated rings. The van der Waals surface area contributed by atoms with Gasteiger partial charge >= 0.3 is 0 Å². The number of rotatable bonds is 3. The summed E-state index contributed by atoms with van der Waals surface area (Å²) in [6, 6.07) is 15.5. The molecule has 26 heavy (non-hydrogen) atoms. The Bertz CT molecular complexity index is 1010. The number of aryl methyl sites for hydroxylation is 1. The van der Waals surface area contributed by atoms with E-state index in [1.165, 1.54) is 12.1 Å². The Kier molecular flexibility index (Phi) is 4.09. The summed E-state index contributed by atoms with van der Waals surface area (Å²) < 4.78 is 13.5. The average molecular weight is 368 g/mol. The lowest BCUT2D eigenvalue weighted by Crippen LogP contribution is -2.33. The Morgan fingerprint density at radius 2 is 1.96 bits per heavy atom. The molecule has 1 aliphatic rings. The molecule has 1 N–H and O–H groups in total. The molecule has 0 spiro atoms. The van der Waals surface area contributed by atoms with Crippen molar-refractivity contribution in [2.24, 2.45) is 0 Å². The van der Waals surface area contributed by atoms with E-state index < -0.39 is 12.0 Å². The number of benzene rings is 2. The molecule has 4 rings (SSSR count). The van der Waals surface area contributed by atoms with Gasteiger partial charge in [0.15, 0.2) is 0 Å². The fraction of sp³-hybridized carbons (Fsp3) is 0.100. The molecule has 0 saturated carbocycles. The van der Waals surface area contributed by atoms with Gasteiger partial charge in [-0.3, -0.25) is 9.69 Å². The van der Waals surface area contributed by atoms with E-state index in [4.69, 9.17) is 11.6 Å². The van der Waals surface area contributed by atoms with Crippen LogP contribution in [0.2, 0.25) is 5.02 Å². The number of hydrogen-bond donors (Lipinski definition) is 1. The second-order valence-electron chi connectivity index (χ2n) is 6.13. The van der Waals surface area contributed by atoms with Crippen molar-refractivity contribution < 1.29 is 9.18 Å². The number of nitrogens with one attached hydrogen (secondary N) is 1. The number of pyridine rings is 1. The highest BCUT2D eigenvalue weighted by molar-refractivity contribution is 6.31. The molecule has 1 unspecified atom stereocenters. The standard InChI is InChI=1S/C20H15ClFN3O/c1-12-8-9-23-18(10-12)25-19(14-4-2-3-5-15(14)20(25)26)24-13-6-7-17(22)16(21)11-13/h2-11,19,24H,1H3. The minimum absolute atomic E-state index is 0.0211. The molecule has 0 bridgehead atoms. The molecule has 6 heteroatoms. The largest absolute Gasteiger partial charge is 0.361 e. The summed E-state index contributed by atoms with van der Waals surface area (Å²) in [5.41, 5.74) is 3.06. The van der Waals surface area contributed by atoms with Gasteiger partial charge in [-0.15, -0.1) is 0 Å². The van der Waals surface area contributed by atoms with Crippen molar-refractivity contribution in [3.8, 4) is 0 Å². The first kappa shape index (κ1) is 16.5. The maximum Gasteiger partial charge on any atom is 0.261 e. The molecule has 0 radical (unpaired) electrons. The van der Waals surface area contributed by atoms with E-state index in [0.717, 1.165) is 11.1 Å². The van der Waals surface area contributed by atoms with Gasteiger partial charge in [-0.1, -0.05) is 29.8 Å². The Labute approximate surface area is 155 Å². The molecule has 0 aliphatic carbocycles. The van der Waals surface area contributed by atoms with Gasteiger partial charge < -0.3 is 5.32 Å². The van der Waals surface area contributed by atoms with Gasteiger partial charge in [0.25, 0.3) is 5.91 Å². The van der Waals surface area contributed by atoms with E-state index >= 15 is 0 Å². The van der Waals surface area contributed by atoms with Crippen LogP contribution < -0.4 is 10.2 Å². The molecule has 1 amide bonds. The van der Waals surface area contributed by atoms with Crippen molar-refractivity contribution in [2.45, 2.75) is 13.1 Å². The van der Waals surface area contributed by atoms with Crippen LogP contribution >= 0.6 is 11.6 Å². The maximum atomic E-state index is 13.5. The third kappa shape index (κ3) is 2.80. The number of fused-ring (bicyclic) bond motifs is 1. The zero-order valence-electron chi connectivity index (χ0n) is 13.9. The van der Waals surface area contributed by atoms with Gasteiger partial charge in [-0.25, -0.2) is 9.37 Å². The monoisotopic (exact) mass is 367 g/mol. The van der Waals surface area contributed by atoms with Crippen LogP contribution in [0.5, 0.6) is 0 Å². The number of hydrogen-bond acceptors (Lipinski definition) is 3. The van der Waals surface area contributed by atoms with Gasteiger partial charge in [0.1, 0.15) is 17.8 Å². The van der Waals surface area contributed by atoms with Crippen LogP contribution in [0.1, 0.15) is 27.7 Å². The van der Waals surface area contributed by atoms with Crippen LogP contribution in [0.3, 0.4) is 0 Å². The lowest BCUT2D eigenvalue weighted by atomic mass is 10.1. The number of carbonyl (C=O) groups excluding carboxylic acids is 1. The molecule has 4 nitrogen and oxygen atoms in total. The number of nitrogens with zero attached hydrogens (tertiary/aromatic N) is 2. The molecule has 130 valence electrons. The van der Waals surface area contributed by atoms with E-state index in [9.17, 15) is 9.18 Å². The number of amides is 1. The minimum Gasteiger partial charge on any atom is -0.361 e. The van der Waals surface area contributed by atoms with Gasteiger partial charge in [0.05, 0.1) is 5.02 Å². The number of halogens is 2. The van der Waals surface area contributed by atoms with Crippen molar-refractivity contribution in [3.05, 3.63) is 88.3 Å². The van der Waals surface area contributed by atoms with Crippen LogP contribution in [-0.2, 0) is 0 Å². The van der Waals surface area contributed by atoms with Crippen LogP contribution in [0.25, 0.3) is 0 Å². The smallest absolute Gasteiger partial charge is 0.261 e. The van der Waals surface area contributed by atoms with E-state index in [0.29, 0.717) is 17.1 Å². The highest BCUT2D eigenvalue weighted by atomic mass is 35.5. The van der Waals surface area contributed by atoms with Crippen LogP contribution in [0.4, 0.5) is 15.9 Å². The molecule has 1 atom stereocenters. The van der Waals surface area contributed by atoms with Crippen LogP contribution in [0, 0.1) is 12.7 Å². The maximum absolute atomic E-state index is 13.5. The Morgan fingerprint density at radius 1 is 1.15 bits per heavy atom. The molecular weight excluding hydrogens is 353 g/mol. The molecule has 1 aromatic heterocycles. The summed E-state index contributed by atoms with van der Waals surface area (Å²) in [6.07, 6.45) is 1.21. The Hall–Kier alpha value is -2.92. The summed E-state index contributed by atoms with van der Waals surface area (Å²) in [7, 11) is 0. The number of aromatic nitrogens is 1. The normalized spacial score (nSPS) is 15.9. The summed E-state index contributed by atoms with van der Waals surface area (Å²) >= 11 is 5.89. The minimum atomic E-state index is -0.489. The van der Waals surface area contributed by atoms with E-state index in [1.807, 2.05) is 37.3 Å². The van der Waals surface area contributed by atoms with Gasteiger partial charge in [0, 0.05) is 23.0 Å². The highest BCUT2D eigenvalue weighted by Gasteiger charge is 2.38. The van der Waals surface area contributed by atoms with Crippen molar-refractivity contribution >= 4 is 29.0 Å². The predicted octanol–water partition coefficient (Wildman–Crippen LogP) is 4.95. The fourth-order valence-corrected chi connectivity index (χ4v) is 3.27. The van der Waals surface area contributed by atoms with Crippen LogP contribution in [0.15, 0.2) is 60.8 Å². The summed E-state index contributed by atoms with van der Waals surface area (Å²) in [6.45, 7) is 1.95. The second kappa shape index (κ2) is 6.42. The van der Waals surface area contributed by atoms with Gasteiger partial charge in [-0.2, -0.15) is 0 Å². The van der Waals surface area contributed by atoms with E-state index in [-0.39, 0.29) is 10.9 Å². The molecule has 0 saturated heterocycles. The van der Waals surface area contributed by atoms with Gasteiger partial charge in [0.2, 0.25) is 0 Å². The quantitative estimate of drug-likeness (QED) is 0.712. The van der Waals surface area contributed by atoms with Crippen LogP contribution in [-0.4, -0.2) is 10.9 Å².